The minimum absolute atomic E-state index is 0.177. The molecule has 1 heterocycles. The van der Waals surface area contributed by atoms with Gasteiger partial charge in [0.2, 0.25) is 10.0 Å². The molecule has 2 aromatic carbocycles. The Bertz CT molecular complexity index is 933. The summed E-state index contributed by atoms with van der Waals surface area (Å²) in [5, 5.41) is 0. The van der Waals surface area contributed by atoms with Crippen molar-refractivity contribution in [2.75, 3.05) is 12.3 Å². The van der Waals surface area contributed by atoms with Crippen molar-refractivity contribution in [3.8, 4) is 0 Å². The molecule has 0 aromatic heterocycles. The van der Waals surface area contributed by atoms with Crippen molar-refractivity contribution >= 4 is 21.8 Å². The van der Waals surface area contributed by atoms with E-state index in [0.29, 0.717) is 17.5 Å². The maximum absolute atomic E-state index is 12.5. The number of sulfonamides is 1. The van der Waals surface area contributed by atoms with Crippen molar-refractivity contribution in [2.24, 2.45) is 0 Å². The zero-order valence-corrected chi connectivity index (χ0v) is 16.1. The molecule has 0 saturated carbocycles. The molecule has 0 atom stereocenters. The first kappa shape index (κ1) is 19.3. The van der Waals surface area contributed by atoms with Crippen LogP contribution in [0.1, 0.15) is 40.1 Å². The predicted octanol–water partition coefficient (Wildman–Crippen LogP) is 2.22. The van der Waals surface area contributed by atoms with Crippen molar-refractivity contribution < 1.29 is 18.0 Å². The van der Waals surface area contributed by atoms with Crippen LogP contribution in [0.3, 0.4) is 0 Å². The first-order chi connectivity index (χ1) is 12.7. The van der Waals surface area contributed by atoms with Crippen molar-refractivity contribution in [2.45, 2.75) is 25.8 Å². The van der Waals surface area contributed by atoms with Gasteiger partial charge in [-0.3, -0.25) is 14.5 Å². The third kappa shape index (κ3) is 4.43. The van der Waals surface area contributed by atoms with Gasteiger partial charge in [0.15, 0.2) is 0 Å². The lowest BCUT2D eigenvalue weighted by Crippen LogP contribution is -2.47. The van der Waals surface area contributed by atoms with Crippen LogP contribution in [0.2, 0.25) is 0 Å². The Morgan fingerprint density at radius 3 is 1.96 bits per heavy atom. The highest BCUT2D eigenvalue weighted by molar-refractivity contribution is 7.89. The molecule has 0 aliphatic carbocycles. The summed E-state index contributed by atoms with van der Waals surface area (Å²) in [5.74, 6) is -1.24. The van der Waals surface area contributed by atoms with Crippen molar-refractivity contribution in [3.05, 3.63) is 71.3 Å². The average Bonchev–Trinajstić information content (AvgIpc) is 2.84. The molecular weight excluding hydrogens is 364 g/mol. The van der Waals surface area contributed by atoms with Crippen LogP contribution in [0.4, 0.5) is 0 Å². The van der Waals surface area contributed by atoms with Crippen LogP contribution in [0.25, 0.3) is 0 Å². The minimum Gasteiger partial charge on any atom is -0.273 e. The summed E-state index contributed by atoms with van der Waals surface area (Å²) in [6, 6.07) is 16.1. The second-order valence-corrected chi connectivity index (χ2v) is 9.12. The third-order valence-electron chi connectivity index (χ3n) is 4.38. The highest BCUT2D eigenvalue weighted by Gasteiger charge is 2.36. The smallest absolute Gasteiger partial charge is 0.261 e. The Morgan fingerprint density at radius 2 is 1.41 bits per heavy atom. The van der Waals surface area contributed by atoms with E-state index in [4.69, 9.17) is 0 Å². The first-order valence-corrected chi connectivity index (χ1v) is 10.3. The number of nitrogens with one attached hydrogen (secondary N) is 1. The summed E-state index contributed by atoms with van der Waals surface area (Å²) in [6.07, 6.45) is 0.528. The molecule has 142 valence electrons. The molecule has 2 aromatic rings. The van der Waals surface area contributed by atoms with E-state index in [1.54, 1.807) is 38.1 Å². The van der Waals surface area contributed by atoms with E-state index in [9.17, 15) is 18.0 Å². The van der Waals surface area contributed by atoms with Crippen molar-refractivity contribution in [3.63, 3.8) is 0 Å². The van der Waals surface area contributed by atoms with Gasteiger partial charge >= 0.3 is 0 Å². The summed E-state index contributed by atoms with van der Waals surface area (Å²) in [7, 11) is -3.68. The summed E-state index contributed by atoms with van der Waals surface area (Å²) in [4.78, 5) is 25.7. The lowest BCUT2D eigenvalue weighted by atomic mass is 9.96. The normalized spacial score (nSPS) is 14.5. The van der Waals surface area contributed by atoms with Crippen molar-refractivity contribution in [1.29, 1.82) is 0 Å². The van der Waals surface area contributed by atoms with E-state index >= 15 is 0 Å². The number of benzene rings is 2. The van der Waals surface area contributed by atoms with Gasteiger partial charge in [-0.2, -0.15) is 0 Å². The van der Waals surface area contributed by atoms with Crippen LogP contribution in [0, 0.1) is 0 Å². The molecule has 0 bridgehead atoms. The number of amides is 2. The van der Waals surface area contributed by atoms with Crippen molar-refractivity contribution in [1.82, 2.24) is 9.62 Å². The summed E-state index contributed by atoms with van der Waals surface area (Å²) < 4.78 is 27.7. The number of carbonyl (C=O) groups excluding carboxylic acids is 2. The zero-order chi connectivity index (χ0) is 19.7. The molecule has 27 heavy (non-hydrogen) atoms. The molecule has 6 nitrogen and oxygen atoms in total. The van der Waals surface area contributed by atoms with Gasteiger partial charge < -0.3 is 0 Å². The van der Waals surface area contributed by atoms with Crippen LogP contribution < -0.4 is 4.72 Å². The molecule has 0 spiro atoms. The quantitative estimate of drug-likeness (QED) is 0.740. The molecule has 3 rings (SSSR count). The Hall–Kier alpha value is -2.51. The highest BCUT2D eigenvalue weighted by atomic mass is 32.2. The van der Waals surface area contributed by atoms with Crippen LogP contribution in [-0.4, -0.2) is 43.0 Å². The third-order valence-corrected chi connectivity index (χ3v) is 5.97. The van der Waals surface area contributed by atoms with Gasteiger partial charge in [-0.15, -0.1) is 0 Å². The van der Waals surface area contributed by atoms with E-state index < -0.39 is 27.4 Å². The molecule has 0 radical (unpaired) electrons. The molecule has 1 aliphatic heterocycles. The SMILES string of the molecule is CC(C)(Cc1ccccc1)NS(=O)(=O)CCN1C(=O)c2ccccc2C1=O. The van der Waals surface area contributed by atoms with Gasteiger partial charge in [0.1, 0.15) is 0 Å². The molecule has 1 N–H and O–H groups in total. The van der Waals surface area contributed by atoms with Gasteiger partial charge in [-0.25, -0.2) is 13.1 Å². The number of carbonyl (C=O) groups is 2. The fourth-order valence-corrected chi connectivity index (χ4v) is 4.71. The van der Waals surface area contributed by atoms with Crippen LogP contribution >= 0.6 is 0 Å². The molecule has 0 fully saturated rings. The van der Waals surface area contributed by atoms with Crippen LogP contribution in [-0.2, 0) is 16.4 Å². The topological polar surface area (TPSA) is 83.6 Å². The Labute approximate surface area is 159 Å². The lowest BCUT2D eigenvalue weighted by Gasteiger charge is -2.26. The Balaban J connectivity index is 1.64. The number of hydrogen-bond donors (Lipinski definition) is 1. The fourth-order valence-electron chi connectivity index (χ4n) is 3.27. The molecular formula is C20H22N2O4S. The minimum atomic E-state index is -3.68. The standard InChI is InChI=1S/C20H22N2O4S/c1-20(2,14-15-8-4-3-5-9-15)21-27(25,26)13-12-22-18(23)16-10-6-7-11-17(16)19(22)24/h3-11,21H,12-14H2,1-2H3. The fraction of sp³-hybridized carbons (Fsp3) is 0.300. The van der Waals surface area contributed by atoms with Gasteiger partial charge in [0.25, 0.3) is 11.8 Å². The number of nitrogens with zero attached hydrogens (tertiary/aromatic N) is 1. The maximum atomic E-state index is 12.5. The number of rotatable bonds is 7. The van der Waals surface area contributed by atoms with Gasteiger partial charge in [-0.05, 0) is 38.0 Å². The number of fused-ring (bicyclic) bond motifs is 1. The second kappa shape index (κ2) is 7.25. The van der Waals surface area contributed by atoms with Gasteiger partial charge in [0, 0.05) is 12.1 Å². The largest absolute Gasteiger partial charge is 0.273 e. The highest BCUT2D eigenvalue weighted by Crippen LogP contribution is 2.22. The van der Waals surface area contributed by atoms with Gasteiger partial charge in [0.05, 0.1) is 16.9 Å². The lowest BCUT2D eigenvalue weighted by molar-refractivity contribution is 0.0664. The molecule has 2 amide bonds. The van der Waals surface area contributed by atoms with Gasteiger partial charge in [-0.1, -0.05) is 42.5 Å². The average molecular weight is 386 g/mol. The van der Waals surface area contributed by atoms with Crippen LogP contribution in [0.15, 0.2) is 54.6 Å². The Kier molecular flexibility index (Phi) is 5.17. The summed E-state index contributed by atoms with van der Waals surface area (Å²) >= 11 is 0. The monoisotopic (exact) mass is 386 g/mol. The molecule has 0 unspecified atom stereocenters. The Morgan fingerprint density at radius 1 is 0.889 bits per heavy atom. The van der Waals surface area contributed by atoms with E-state index in [1.165, 1.54) is 0 Å². The van der Waals surface area contributed by atoms with E-state index in [0.717, 1.165) is 10.5 Å². The molecule has 7 heteroatoms. The molecule has 0 saturated heterocycles. The number of hydrogen-bond acceptors (Lipinski definition) is 4. The maximum Gasteiger partial charge on any atom is 0.261 e. The predicted molar refractivity (Wildman–Crippen MR) is 103 cm³/mol. The first-order valence-electron chi connectivity index (χ1n) is 8.69. The van der Waals surface area contributed by atoms with E-state index in [1.807, 2.05) is 30.3 Å². The summed E-state index contributed by atoms with van der Waals surface area (Å²) in [6.45, 7) is 3.43. The zero-order valence-electron chi connectivity index (χ0n) is 15.3. The van der Waals surface area contributed by atoms with E-state index in [2.05, 4.69) is 4.72 Å². The molecule has 1 aliphatic rings. The summed E-state index contributed by atoms with van der Waals surface area (Å²) in [5.41, 5.74) is 0.961. The van der Waals surface area contributed by atoms with Crippen LogP contribution in [0.5, 0.6) is 0 Å². The number of imide groups is 1. The van der Waals surface area contributed by atoms with E-state index in [-0.39, 0.29) is 12.3 Å². The second-order valence-electron chi connectivity index (χ2n) is 7.27.